The van der Waals surface area contributed by atoms with Gasteiger partial charge in [0.05, 0.1) is 11.4 Å². The monoisotopic (exact) mass is 303 g/mol. The lowest BCUT2D eigenvalue weighted by atomic mass is 9.79. The first-order valence-corrected chi connectivity index (χ1v) is 7.59. The highest BCUT2D eigenvalue weighted by Gasteiger charge is 2.48. The van der Waals surface area contributed by atoms with E-state index in [-0.39, 0.29) is 11.8 Å². The van der Waals surface area contributed by atoms with Gasteiger partial charge in [-0.2, -0.15) is 0 Å². The van der Waals surface area contributed by atoms with Crippen LogP contribution < -0.4 is 15.5 Å². The number of aryl methyl sites for hydroxylation is 2. The molecule has 1 unspecified atom stereocenters. The Morgan fingerprint density at radius 2 is 1.95 bits per heavy atom. The molecule has 0 spiro atoms. The Morgan fingerprint density at radius 3 is 2.55 bits per heavy atom. The third kappa shape index (κ3) is 2.40. The summed E-state index contributed by atoms with van der Waals surface area (Å²) in [5, 5.41) is 5.12. The summed E-state index contributed by atoms with van der Waals surface area (Å²) in [6, 6.07) is -0.393. The predicted molar refractivity (Wildman–Crippen MR) is 81.5 cm³/mol. The van der Waals surface area contributed by atoms with E-state index in [1.165, 1.54) is 0 Å². The maximum atomic E-state index is 12.0. The molecular weight excluding hydrogens is 282 g/mol. The highest BCUT2D eigenvalue weighted by Crippen LogP contribution is 2.32. The standard InChI is InChI=1S/C15H21N5O2/c1-9-8-16-10(2)12(17-9)20-6-4-11(5-7-20)15(3)13(21)18-14(22)19-15/h8,11H,4-7H2,1-3H3,(H2,18,19,21,22). The smallest absolute Gasteiger partial charge is 0.322 e. The van der Waals surface area contributed by atoms with Crippen molar-refractivity contribution >= 4 is 17.8 Å². The molecule has 2 aliphatic heterocycles. The number of nitrogens with one attached hydrogen (secondary N) is 2. The quantitative estimate of drug-likeness (QED) is 0.793. The van der Waals surface area contributed by atoms with Crippen LogP contribution in [0, 0.1) is 19.8 Å². The summed E-state index contributed by atoms with van der Waals surface area (Å²) in [5.74, 6) is 0.833. The van der Waals surface area contributed by atoms with Crippen molar-refractivity contribution in [2.24, 2.45) is 5.92 Å². The average molecular weight is 303 g/mol. The summed E-state index contributed by atoms with van der Waals surface area (Å²) in [4.78, 5) is 34.6. The topological polar surface area (TPSA) is 87.2 Å². The number of nitrogens with zero attached hydrogens (tertiary/aromatic N) is 3. The van der Waals surface area contributed by atoms with E-state index in [0.29, 0.717) is 0 Å². The van der Waals surface area contributed by atoms with Gasteiger partial charge in [-0.25, -0.2) is 9.78 Å². The first-order chi connectivity index (χ1) is 10.4. The zero-order valence-electron chi connectivity index (χ0n) is 13.1. The van der Waals surface area contributed by atoms with Crippen LogP contribution in [0.3, 0.4) is 0 Å². The minimum Gasteiger partial charge on any atom is -0.355 e. The number of aromatic nitrogens is 2. The Morgan fingerprint density at radius 1 is 1.27 bits per heavy atom. The van der Waals surface area contributed by atoms with Gasteiger partial charge in [0.2, 0.25) is 0 Å². The van der Waals surface area contributed by atoms with Gasteiger partial charge in [-0.1, -0.05) is 0 Å². The van der Waals surface area contributed by atoms with E-state index in [4.69, 9.17) is 0 Å². The number of carbonyl (C=O) groups is 2. The lowest BCUT2D eigenvalue weighted by Gasteiger charge is -2.39. The van der Waals surface area contributed by atoms with E-state index >= 15 is 0 Å². The fourth-order valence-electron chi connectivity index (χ4n) is 3.34. The second kappa shape index (κ2) is 5.23. The molecule has 0 saturated carbocycles. The second-order valence-corrected chi connectivity index (χ2v) is 6.29. The first-order valence-electron chi connectivity index (χ1n) is 7.59. The van der Waals surface area contributed by atoms with E-state index < -0.39 is 11.6 Å². The summed E-state index contributed by atoms with van der Waals surface area (Å²) in [5.41, 5.74) is 1.02. The van der Waals surface area contributed by atoms with Crippen LogP contribution in [0.25, 0.3) is 0 Å². The van der Waals surface area contributed by atoms with Crippen molar-refractivity contribution in [2.45, 2.75) is 39.2 Å². The molecule has 2 aliphatic rings. The molecule has 0 aliphatic carbocycles. The Hall–Kier alpha value is -2.18. The number of urea groups is 1. The third-order valence-electron chi connectivity index (χ3n) is 4.73. The number of carbonyl (C=O) groups excluding carboxylic acids is 2. The molecule has 1 atom stereocenters. The molecule has 2 saturated heterocycles. The van der Waals surface area contributed by atoms with Crippen molar-refractivity contribution in [1.82, 2.24) is 20.6 Å². The second-order valence-electron chi connectivity index (χ2n) is 6.29. The molecule has 2 fully saturated rings. The molecule has 3 rings (SSSR count). The van der Waals surface area contributed by atoms with Crippen LogP contribution in [0.1, 0.15) is 31.2 Å². The normalized spacial score (nSPS) is 26.0. The maximum Gasteiger partial charge on any atom is 0.322 e. The van der Waals surface area contributed by atoms with Crippen molar-refractivity contribution < 1.29 is 9.59 Å². The Labute approximate surface area is 129 Å². The van der Waals surface area contributed by atoms with Crippen LogP contribution >= 0.6 is 0 Å². The minimum absolute atomic E-state index is 0.133. The fourth-order valence-corrected chi connectivity index (χ4v) is 3.34. The largest absolute Gasteiger partial charge is 0.355 e. The number of amides is 3. The molecule has 7 nitrogen and oxygen atoms in total. The van der Waals surface area contributed by atoms with Crippen LogP contribution in [-0.2, 0) is 4.79 Å². The number of anilines is 1. The van der Waals surface area contributed by atoms with Gasteiger partial charge in [0.15, 0.2) is 0 Å². The van der Waals surface area contributed by atoms with Crippen molar-refractivity contribution in [1.29, 1.82) is 0 Å². The first kappa shape index (κ1) is 14.7. The van der Waals surface area contributed by atoms with Gasteiger partial charge >= 0.3 is 6.03 Å². The van der Waals surface area contributed by atoms with E-state index in [1.807, 2.05) is 20.8 Å². The third-order valence-corrected chi connectivity index (χ3v) is 4.73. The van der Waals surface area contributed by atoms with Crippen LogP contribution in [0.5, 0.6) is 0 Å². The van der Waals surface area contributed by atoms with Gasteiger partial charge in [-0.05, 0) is 39.5 Å². The lowest BCUT2D eigenvalue weighted by molar-refractivity contribution is -0.125. The molecule has 0 radical (unpaired) electrons. The number of piperidine rings is 1. The van der Waals surface area contributed by atoms with Crippen LogP contribution in [0.15, 0.2) is 6.20 Å². The lowest BCUT2D eigenvalue weighted by Crippen LogP contribution is -2.54. The van der Waals surface area contributed by atoms with Gasteiger partial charge in [0, 0.05) is 19.3 Å². The summed E-state index contributed by atoms with van der Waals surface area (Å²) < 4.78 is 0. The van der Waals surface area contributed by atoms with E-state index in [0.717, 1.165) is 43.1 Å². The molecular formula is C15H21N5O2. The van der Waals surface area contributed by atoms with Crippen molar-refractivity contribution in [3.8, 4) is 0 Å². The molecule has 0 bridgehead atoms. The van der Waals surface area contributed by atoms with Gasteiger partial charge in [-0.3, -0.25) is 15.1 Å². The number of imide groups is 1. The number of hydrogen-bond donors (Lipinski definition) is 2. The highest BCUT2D eigenvalue weighted by molar-refractivity contribution is 6.06. The minimum atomic E-state index is -0.795. The molecule has 2 N–H and O–H groups in total. The Kier molecular flexibility index (Phi) is 3.50. The van der Waals surface area contributed by atoms with Crippen LogP contribution in [-0.4, -0.2) is 40.5 Å². The predicted octanol–water partition coefficient (Wildman–Crippen LogP) is 0.908. The Balaban J connectivity index is 1.72. The zero-order valence-corrected chi connectivity index (χ0v) is 13.1. The van der Waals surface area contributed by atoms with Gasteiger partial charge in [0.25, 0.3) is 5.91 Å². The molecule has 1 aromatic rings. The fraction of sp³-hybridized carbons (Fsp3) is 0.600. The summed E-state index contributed by atoms with van der Waals surface area (Å²) in [6.45, 7) is 7.32. The number of hydrogen-bond acceptors (Lipinski definition) is 5. The molecule has 22 heavy (non-hydrogen) atoms. The number of rotatable bonds is 2. The van der Waals surface area contributed by atoms with Crippen molar-refractivity contribution in [3.63, 3.8) is 0 Å². The van der Waals surface area contributed by atoms with Crippen molar-refractivity contribution in [2.75, 3.05) is 18.0 Å². The maximum absolute atomic E-state index is 12.0. The van der Waals surface area contributed by atoms with Gasteiger partial charge in [-0.15, -0.1) is 0 Å². The van der Waals surface area contributed by atoms with Crippen LogP contribution in [0.4, 0.5) is 10.6 Å². The van der Waals surface area contributed by atoms with Crippen molar-refractivity contribution in [3.05, 3.63) is 17.6 Å². The molecule has 3 amide bonds. The van der Waals surface area contributed by atoms with Crippen LogP contribution in [0.2, 0.25) is 0 Å². The Bertz CT molecular complexity index is 624. The average Bonchev–Trinajstić information content (AvgIpc) is 2.76. The van der Waals surface area contributed by atoms with E-state index in [1.54, 1.807) is 6.20 Å². The molecule has 0 aromatic carbocycles. The molecule has 3 heterocycles. The highest BCUT2D eigenvalue weighted by atomic mass is 16.2. The summed E-state index contributed by atoms with van der Waals surface area (Å²) in [6.07, 6.45) is 3.43. The van der Waals surface area contributed by atoms with Gasteiger partial charge < -0.3 is 10.2 Å². The van der Waals surface area contributed by atoms with E-state index in [9.17, 15) is 9.59 Å². The van der Waals surface area contributed by atoms with E-state index in [2.05, 4.69) is 25.5 Å². The molecule has 1 aromatic heterocycles. The van der Waals surface area contributed by atoms with Gasteiger partial charge in [0.1, 0.15) is 11.4 Å². The SMILES string of the molecule is Cc1cnc(C)c(N2CCC(C3(C)NC(=O)NC3=O)CC2)n1. The summed E-state index contributed by atoms with van der Waals surface area (Å²) >= 11 is 0. The summed E-state index contributed by atoms with van der Waals surface area (Å²) in [7, 11) is 0. The molecule has 118 valence electrons. The zero-order chi connectivity index (χ0) is 15.9. The molecule has 7 heteroatoms.